The van der Waals surface area contributed by atoms with Crippen molar-refractivity contribution >= 4 is 0 Å². The van der Waals surface area contributed by atoms with Gasteiger partial charge in [-0.25, -0.2) is 0 Å². The van der Waals surface area contributed by atoms with Gasteiger partial charge in [0.05, 0.1) is 12.7 Å². The van der Waals surface area contributed by atoms with Crippen molar-refractivity contribution in [2.75, 3.05) is 7.11 Å². The van der Waals surface area contributed by atoms with Gasteiger partial charge in [0.25, 0.3) is 0 Å². The van der Waals surface area contributed by atoms with E-state index in [1.807, 2.05) is 55.5 Å². The highest BCUT2D eigenvalue weighted by Crippen LogP contribution is 2.35. The number of halogens is 3. The lowest BCUT2D eigenvalue weighted by molar-refractivity contribution is -0.137. The van der Waals surface area contributed by atoms with Crippen LogP contribution in [0.1, 0.15) is 23.6 Å². The summed E-state index contributed by atoms with van der Waals surface area (Å²) in [5, 5.41) is 0. The van der Waals surface area contributed by atoms with Gasteiger partial charge in [-0.1, -0.05) is 48.5 Å². The largest absolute Gasteiger partial charge is 0.496 e. The minimum atomic E-state index is -4.36. The van der Waals surface area contributed by atoms with E-state index in [2.05, 4.69) is 0 Å². The predicted molar refractivity (Wildman–Crippen MR) is 105 cm³/mol. The third-order valence-electron chi connectivity index (χ3n) is 4.79. The SMILES string of the molecule is COc1ccc(CC(C)(N)c2ccccc2)cc1-c1ccc(C(F)(F)F)cc1. The average molecular weight is 385 g/mol. The van der Waals surface area contributed by atoms with Crippen LogP contribution in [-0.4, -0.2) is 7.11 Å². The first kappa shape index (κ1) is 20.0. The van der Waals surface area contributed by atoms with Gasteiger partial charge in [-0.05, 0) is 54.3 Å². The van der Waals surface area contributed by atoms with Crippen LogP contribution in [0, 0.1) is 0 Å². The molecule has 3 aromatic carbocycles. The number of benzene rings is 3. The monoisotopic (exact) mass is 385 g/mol. The summed E-state index contributed by atoms with van der Waals surface area (Å²) < 4.78 is 43.9. The van der Waals surface area contributed by atoms with E-state index in [1.54, 1.807) is 7.11 Å². The van der Waals surface area contributed by atoms with Crippen LogP contribution in [-0.2, 0) is 18.1 Å². The fourth-order valence-corrected chi connectivity index (χ4v) is 3.27. The topological polar surface area (TPSA) is 35.2 Å². The van der Waals surface area contributed by atoms with Gasteiger partial charge in [-0.3, -0.25) is 0 Å². The molecule has 0 aliphatic heterocycles. The van der Waals surface area contributed by atoms with E-state index in [-0.39, 0.29) is 0 Å². The van der Waals surface area contributed by atoms with Gasteiger partial charge in [0, 0.05) is 11.1 Å². The van der Waals surface area contributed by atoms with Crippen LogP contribution in [0.15, 0.2) is 72.8 Å². The second-order valence-corrected chi connectivity index (χ2v) is 7.07. The highest BCUT2D eigenvalue weighted by molar-refractivity contribution is 5.71. The lowest BCUT2D eigenvalue weighted by Gasteiger charge is -2.26. The van der Waals surface area contributed by atoms with Crippen molar-refractivity contribution in [2.24, 2.45) is 5.73 Å². The quantitative estimate of drug-likeness (QED) is 0.603. The molecule has 28 heavy (non-hydrogen) atoms. The van der Waals surface area contributed by atoms with Crippen molar-refractivity contribution in [1.82, 2.24) is 0 Å². The van der Waals surface area contributed by atoms with Crippen molar-refractivity contribution < 1.29 is 17.9 Å². The van der Waals surface area contributed by atoms with E-state index in [0.717, 1.165) is 28.8 Å². The molecule has 1 unspecified atom stereocenters. The van der Waals surface area contributed by atoms with Gasteiger partial charge in [0.15, 0.2) is 0 Å². The molecule has 0 heterocycles. The van der Waals surface area contributed by atoms with E-state index < -0.39 is 17.3 Å². The number of methoxy groups -OCH3 is 1. The summed E-state index contributed by atoms with van der Waals surface area (Å²) in [6, 6.07) is 20.6. The summed E-state index contributed by atoms with van der Waals surface area (Å²) in [5.74, 6) is 0.599. The fourth-order valence-electron chi connectivity index (χ4n) is 3.27. The Balaban J connectivity index is 1.94. The molecular formula is C23H22F3NO. The van der Waals surface area contributed by atoms with Crippen LogP contribution < -0.4 is 10.5 Å². The summed E-state index contributed by atoms with van der Waals surface area (Å²) in [5.41, 5.74) is 8.67. The molecule has 5 heteroatoms. The molecule has 1 atom stereocenters. The maximum absolute atomic E-state index is 12.8. The Hall–Kier alpha value is -2.79. The summed E-state index contributed by atoms with van der Waals surface area (Å²) in [6.07, 6.45) is -3.78. The van der Waals surface area contributed by atoms with Crippen molar-refractivity contribution in [3.63, 3.8) is 0 Å². The van der Waals surface area contributed by atoms with Gasteiger partial charge >= 0.3 is 6.18 Å². The lowest BCUT2D eigenvalue weighted by atomic mass is 9.86. The van der Waals surface area contributed by atoms with Gasteiger partial charge < -0.3 is 10.5 Å². The molecule has 2 nitrogen and oxygen atoms in total. The Kier molecular flexibility index (Phi) is 5.47. The van der Waals surface area contributed by atoms with E-state index in [0.29, 0.717) is 17.7 Å². The molecule has 3 rings (SSSR count). The Morgan fingerprint density at radius 1 is 0.857 bits per heavy atom. The van der Waals surface area contributed by atoms with Crippen LogP contribution in [0.3, 0.4) is 0 Å². The molecule has 0 spiro atoms. The molecule has 0 aromatic heterocycles. The zero-order valence-electron chi connectivity index (χ0n) is 15.8. The number of hydrogen-bond donors (Lipinski definition) is 1. The first-order chi connectivity index (χ1) is 13.2. The van der Waals surface area contributed by atoms with Crippen LogP contribution in [0.5, 0.6) is 5.75 Å². The molecule has 146 valence electrons. The summed E-state index contributed by atoms with van der Waals surface area (Å²) in [7, 11) is 1.54. The first-order valence-electron chi connectivity index (χ1n) is 8.90. The Bertz CT molecular complexity index is 932. The minimum absolute atomic E-state index is 0.576. The van der Waals surface area contributed by atoms with Crippen LogP contribution >= 0.6 is 0 Å². The number of hydrogen-bond acceptors (Lipinski definition) is 2. The normalized spacial score (nSPS) is 13.8. The second-order valence-electron chi connectivity index (χ2n) is 7.07. The van der Waals surface area contributed by atoms with Gasteiger partial charge in [-0.2, -0.15) is 13.2 Å². The zero-order valence-corrected chi connectivity index (χ0v) is 15.8. The molecule has 0 saturated heterocycles. The molecule has 0 amide bonds. The molecule has 0 aliphatic rings. The zero-order chi connectivity index (χ0) is 20.4. The Morgan fingerprint density at radius 2 is 1.50 bits per heavy atom. The first-order valence-corrected chi connectivity index (χ1v) is 8.90. The molecule has 0 bridgehead atoms. The number of nitrogens with two attached hydrogens (primary N) is 1. The number of ether oxygens (including phenoxy) is 1. The summed E-state index contributed by atoms with van der Waals surface area (Å²) in [6.45, 7) is 1.96. The van der Waals surface area contributed by atoms with Gasteiger partial charge in [0.2, 0.25) is 0 Å². The smallest absolute Gasteiger partial charge is 0.416 e. The van der Waals surface area contributed by atoms with Crippen LogP contribution in [0.2, 0.25) is 0 Å². The maximum atomic E-state index is 12.8. The highest BCUT2D eigenvalue weighted by Gasteiger charge is 2.30. The molecule has 3 aromatic rings. The van der Waals surface area contributed by atoms with Gasteiger partial charge in [0.1, 0.15) is 5.75 Å². The molecule has 0 saturated carbocycles. The summed E-state index contributed by atoms with van der Waals surface area (Å²) >= 11 is 0. The molecule has 0 fully saturated rings. The Labute approximate surface area is 162 Å². The molecular weight excluding hydrogens is 363 g/mol. The predicted octanol–water partition coefficient (Wildman–Crippen LogP) is 5.80. The van der Waals surface area contributed by atoms with Crippen molar-refractivity contribution in [2.45, 2.75) is 25.1 Å². The van der Waals surface area contributed by atoms with E-state index in [4.69, 9.17) is 10.5 Å². The average Bonchev–Trinajstić information content (AvgIpc) is 2.68. The fraction of sp³-hybridized carbons (Fsp3) is 0.217. The highest BCUT2D eigenvalue weighted by atomic mass is 19.4. The van der Waals surface area contributed by atoms with Crippen LogP contribution in [0.25, 0.3) is 11.1 Å². The number of rotatable bonds is 5. The number of alkyl halides is 3. The third-order valence-corrected chi connectivity index (χ3v) is 4.79. The second kappa shape index (κ2) is 7.68. The molecule has 0 radical (unpaired) electrons. The maximum Gasteiger partial charge on any atom is 0.416 e. The van der Waals surface area contributed by atoms with Crippen LogP contribution in [0.4, 0.5) is 13.2 Å². The van der Waals surface area contributed by atoms with E-state index in [9.17, 15) is 13.2 Å². The minimum Gasteiger partial charge on any atom is -0.496 e. The molecule has 2 N–H and O–H groups in total. The van der Waals surface area contributed by atoms with Gasteiger partial charge in [-0.15, -0.1) is 0 Å². The van der Waals surface area contributed by atoms with E-state index >= 15 is 0 Å². The van der Waals surface area contributed by atoms with Crippen molar-refractivity contribution in [1.29, 1.82) is 0 Å². The standard InChI is InChI=1S/C23H22F3NO/c1-22(27,18-6-4-3-5-7-18)15-16-8-13-21(28-2)20(14-16)17-9-11-19(12-10-17)23(24,25)26/h3-14H,15,27H2,1-2H3. The molecule has 0 aliphatic carbocycles. The van der Waals surface area contributed by atoms with Crippen molar-refractivity contribution in [3.05, 3.63) is 89.5 Å². The lowest BCUT2D eigenvalue weighted by Crippen LogP contribution is -2.35. The summed E-state index contributed by atoms with van der Waals surface area (Å²) in [4.78, 5) is 0. The Morgan fingerprint density at radius 3 is 2.07 bits per heavy atom. The van der Waals surface area contributed by atoms with Crippen molar-refractivity contribution in [3.8, 4) is 16.9 Å². The van der Waals surface area contributed by atoms with E-state index in [1.165, 1.54) is 12.1 Å². The third kappa shape index (κ3) is 4.37.